The molecule has 0 radical (unpaired) electrons. The summed E-state index contributed by atoms with van der Waals surface area (Å²) in [7, 11) is 0. The largest absolute Gasteiger partial charge is 0.341 e. The summed E-state index contributed by atoms with van der Waals surface area (Å²) in [5.41, 5.74) is 1.37. The molecule has 4 rings (SSSR count). The minimum Gasteiger partial charge on any atom is -0.341 e. The molecule has 3 aliphatic heterocycles. The third-order valence-corrected chi connectivity index (χ3v) is 6.22. The number of amides is 1. The van der Waals surface area contributed by atoms with Crippen molar-refractivity contribution in [2.24, 2.45) is 5.92 Å². The average Bonchev–Trinajstić information content (AvgIpc) is 2.82. The lowest BCUT2D eigenvalue weighted by atomic mass is 9.89. The summed E-state index contributed by atoms with van der Waals surface area (Å²) in [4.78, 5) is 17.4. The molecule has 0 aromatic heterocycles. The fourth-order valence-electron chi connectivity index (χ4n) is 4.94. The van der Waals surface area contributed by atoms with Gasteiger partial charge in [-0.25, -0.2) is 0 Å². The van der Waals surface area contributed by atoms with Crippen LogP contribution in [0.15, 0.2) is 30.3 Å². The molecule has 1 aromatic rings. The van der Waals surface area contributed by atoms with Crippen LogP contribution in [0.1, 0.15) is 44.1 Å². The second-order valence-electron chi connectivity index (χ2n) is 8.18. The maximum atomic E-state index is 12.8. The number of hydrogen-bond acceptors (Lipinski definition) is 3. The van der Waals surface area contributed by atoms with Crippen molar-refractivity contribution in [1.29, 1.82) is 0 Å². The van der Waals surface area contributed by atoms with Gasteiger partial charge in [0.2, 0.25) is 5.91 Å². The number of carbonyl (C=O) groups is 1. The zero-order valence-electron chi connectivity index (χ0n) is 16.0. The van der Waals surface area contributed by atoms with Crippen molar-refractivity contribution in [3.05, 3.63) is 35.9 Å². The first kappa shape index (κ1) is 22.5. The zero-order valence-corrected chi connectivity index (χ0v) is 17.6. The van der Waals surface area contributed by atoms with E-state index in [9.17, 15) is 4.79 Å². The van der Waals surface area contributed by atoms with Gasteiger partial charge in [0.15, 0.2) is 0 Å². The van der Waals surface area contributed by atoms with Gasteiger partial charge in [-0.15, -0.1) is 24.8 Å². The van der Waals surface area contributed by atoms with E-state index in [1.165, 1.54) is 31.2 Å². The van der Waals surface area contributed by atoms with E-state index < -0.39 is 0 Å². The van der Waals surface area contributed by atoms with Crippen LogP contribution in [0.4, 0.5) is 0 Å². The minimum absolute atomic E-state index is 0. The lowest BCUT2D eigenvalue weighted by molar-refractivity contribution is -0.132. The van der Waals surface area contributed by atoms with Gasteiger partial charge in [-0.1, -0.05) is 30.3 Å². The molecule has 3 fully saturated rings. The van der Waals surface area contributed by atoms with Crippen LogP contribution in [0, 0.1) is 5.92 Å². The molecule has 2 atom stereocenters. The number of nitrogens with zero attached hydrogens (tertiary/aromatic N) is 2. The van der Waals surface area contributed by atoms with Crippen molar-refractivity contribution in [1.82, 2.24) is 15.1 Å². The normalized spacial score (nSPS) is 28.0. The van der Waals surface area contributed by atoms with Crippen molar-refractivity contribution < 1.29 is 4.79 Å². The predicted molar refractivity (Wildman–Crippen MR) is 115 cm³/mol. The lowest BCUT2D eigenvalue weighted by Gasteiger charge is -2.30. The van der Waals surface area contributed by atoms with Gasteiger partial charge in [0, 0.05) is 51.2 Å². The van der Waals surface area contributed by atoms with E-state index >= 15 is 0 Å². The maximum absolute atomic E-state index is 12.8. The smallest absolute Gasteiger partial charge is 0.222 e. The van der Waals surface area contributed by atoms with Gasteiger partial charge >= 0.3 is 0 Å². The molecule has 152 valence electrons. The van der Waals surface area contributed by atoms with Crippen molar-refractivity contribution in [3.63, 3.8) is 0 Å². The molecule has 0 saturated carbocycles. The summed E-state index contributed by atoms with van der Waals surface area (Å²) < 4.78 is 0. The number of fused-ring (bicyclic) bond motifs is 2. The van der Waals surface area contributed by atoms with Crippen LogP contribution >= 0.6 is 24.8 Å². The number of benzene rings is 1. The maximum Gasteiger partial charge on any atom is 0.222 e. The highest BCUT2D eigenvalue weighted by Crippen LogP contribution is 2.33. The summed E-state index contributed by atoms with van der Waals surface area (Å²) in [5.74, 6) is 1.00. The Morgan fingerprint density at radius 3 is 2.37 bits per heavy atom. The van der Waals surface area contributed by atoms with E-state index in [4.69, 9.17) is 0 Å². The Kier molecular flexibility index (Phi) is 8.87. The Morgan fingerprint density at radius 1 is 0.963 bits per heavy atom. The fourth-order valence-corrected chi connectivity index (χ4v) is 4.94. The average molecular weight is 414 g/mol. The second kappa shape index (κ2) is 10.7. The molecule has 0 aliphatic carbocycles. The van der Waals surface area contributed by atoms with Gasteiger partial charge in [-0.3, -0.25) is 9.69 Å². The van der Waals surface area contributed by atoms with Crippen LogP contribution in [0.25, 0.3) is 0 Å². The molecule has 1 aromatic carbocycles. The van der Waals surface area contributed by atoms with Gasteiger partial charge < -0.3 is 10.2 Å². The first-order valence-corrected chi connectivity index (χ1v) is 10.1. The Balaban J connectivity index is 0.00000131. The van der Waals surface area contributed by atoms with Crippen LogP contribution in [-0.4, -0.2) is 54.0 Å². The van der Waals surface area contributed by atoms with Gasteiger partial charge in [-0.05, 0) is 43.6 Å². The Morgan fingerprint density at radius 2 is 1.67 bits per heavy atom. The molecule has 4 nitrogen and oxygen atoms in total. The molecule has 0 spiro atoms. The molecule has 2 unspecified atom stereocenters. The van der Waals surface area contributed by atoms with Gasteiger partial charge in [0.25, 0.3) is 0 Å². The number of nitrogens with one attached hydrogen (secondary N) is 1. The zero-order chi connectivity index (χ0) is 17.1. The van der Waals surface area contributed by atoms with Crippen LogP contribution in [-0.2, 0) is 11.3 Å². The molecular formula is C21H33Cl2N3O. The molecule has 3 saturated heterocycles. The third-order valence-electron chi connectivity index (χ3n) is 6.22. The Hall–Kier alpha value is -0.810. The Bertz CT molecular complexity index is 574. The monoisotopic (exact) mass is 413 g/mol. The number of halogens is 2. The van der Waals surface area contributed by atoms with Crippen LogP contribution in [0.5, 0.6) is 0 Å². The first-order chi connectivity index (χ1) is 12.3. The molecule has 3 heterocycles. The lowest BCUT2D eigenvalue weighted by Crippen LogP contribution is -2.41. The topological polar surface area (TPSA) is 35.6 Å². The van der Waals surface area contributed by atoms with Gasteiger partial charge in [-0.2, -0.15) is 0 Å². The first-order valence-electron chi connectivity index (χ1n) is 10.1. The molecule has 3 aliphatic rings. The van der Waals surface area contributed by atoms with Crippen molar-refractivity contribution in [2.45, 2.75) is 57.2 Å². The van der Waals surface area contributed by atoms with Crippen molar-refractivity contribution >= 4 is 30.7 Å². The summed E-state index contributed by atoms with van der Waals surface area (Å²) in [6.07, 6.45) is 6.90. The van der Waals surface area contributed by atoms with Crippen LogP contribution < -0.4 is 5.32 Å². The third kappa shape index (κ3) is 6.08. The standard InChI is InChI=1S/C21H31N3O.2ClH/c25-21(15-18-13-19-7-8-20(14-18)22-19)24-10-4-9-23(11-12-24)16-17-5-2-1-3-6-17;;/h1-3,5-6,18-20,22H,4,7-16H2;2*1H. The number of rotatable bonds is 4. The van der Waals surface area contributed by atoms with Crippen LogP contribution in [0.3, 0.4) is 0 Å². The van der Waals surface area contributed by atoms with Crippen LogP contribution in [0.2, 0.25) is 0 Å². The van der Waals surface area contributed by atoms with Gasteiger partial charge in [0.1, 0.15) is 0 Å². The van der Waals surface area contributed by atoms with Gasteiger partial charge in [0.05, 0.1) is 0 Å². The highest BCUT2D eigenvalue weighted by Gasteiger charge is 2.35. The highest BCUT2D eigenvalue weighted by atomic mass is 35.5. The van der Waals surface area contributed by atoms with E-state index in [2.05, 4.69) is 45.4 Å². The summed E-state index contributed by atoms with van der Waals surface area (Å²) >= 11 is 0. The summed E-state index contributed by atoms with van der Waals surface area (Å²) in [6.45, 7) is 4.92. The summed E-state index contributed by atoms with van der Waals surface area (Å²) in [6, 6.07) is 12.0. The molecule has 1 N–H and O–H groups in total. The SMILES string of the molecule is Cl.Cl.O=C(CC1CC2CCC(C1)N2)N1CCCN(Cc2ccccc2)CC1. The van der Waals surface area contributed by atoms with E-state index in [0.29, 0.717) is 23.9 Å². The number of hydrogen-bond donors (Lipinski definition) is 1. The van der Waals surface area contributed by atoms with E-state index in [-0.39, 0.29) is 24.8 Å². The molecule has 6 heteroatoms. The van der Waals surface area contributed by atoms with Crippen molar-refractivity contribution in [3.8, 4) is 0 Å². The van der Waals surface area contributed by atoms with E-state index in [0.717, 1.165) is 45.6 Å². The highest BCUT2D eigenvalue weighted by molar-refractivity contribution is 5.85. The number of piperidine rings is 1. The second-order valence-corrected chi connectivity index (χ2v) is 8.18. The minimum atomic E-state index is 0. The predicted octanol–water partition coefficient (Wildman–Crippen LogP) is 3.49. The molecule has 2 bridgehead atoms. The van der Waals surface area contributed by atoms with Crippen molar-refractivity contribution in [2.75, 3.05) is 26.2 Å². The van der Waals surface area contributed by atoms with E-state index in [1.807, 2.05) is 0 Å². The number of carbonyl (C=O) groups excluding carboxylic acids is 1. The summed E-state index contributed by atoms with van der Waals surface area (Å²) in [5, 5.41) is 3.68. The quantitative estimate of drug-likeness (QED) is 0.820. The fraction of sp³-hybridized carbons (Fsp3) is 0.667. The van der Waals surface area contributed by atoms with E-state index in [1.54, 1.807) is 0 Å². The molecular weight excluding hydrogens is 381 g/mol. The Labute approximate surface area is 175 Å². The molecule has 27 heavy (non-hydrogen) atoms. The molecule has 1 amide bonds.